The topological polar surface area (TPSA) is 39.4 Å². The van der Waals surface area contributed by atoms with Crippen molar-refractivity contribution in [2.75, 3.05) is 0 Å². The lowest BCUT2D eigenvalue weighted by Crippen LogP contribution is -2.13. The maximum atomic E-state index is 14.6. The molecule has 2 aromatic carbocycles. The molecule has 3 aromatic rings. The Bertz CT molecular complexity index is 1040. The number of hydrogen-bond acceptors (Lipinski definition) is 3. The van der Waals surface area contributed by atoms with E-state index in [0.717, 1.165) is 18.4 Å². The summed E-state index contributed by atoms with van der Waals surface area (Å²) in [6.45, 7) is 0.519. The first-order valence-corrected chi connectivity index (χ1v) is 9.38. The normalized spacial score (nSPS) is 13.7. The van der Waals surface area contributed by atoms with Gasteiger partial charge in [-0.25, -0.2) is 13.8 Å². The summed E-state index contributed by atoms with van der Waals surface area (Å²) in [4.78, 5) is 9.46. The first-order valence-electron chi connectivity index (χ1n) is 9.38. The van der Waals surface area contributed by atoms with Gasteiger partial charge >= 0.3 is 0 Å². The number of imidazole rings is 1. The first kappa shape index (κ1) is 18.9. The van der Waals surface area contributed by atoms with Gasteiger partial charge in [0.25, 0.3) is 0 Å². The zero-order chi connectivity index (χ0) is 20.1. The molecule has 0 spiro atoms. The maximum absolute atomic E-state index is 14.6. The van der Waals surface area contributed by atoms with E-state index in [9.17, 15) is 8.78 Å². The van der Waals surface area contributed by atoms with Crippen LogP contribution in [0, 0.1) is 29.4 Å². The minimum atomic E-state index is -0.699. The third-order valence-electron chi connectivity index (χ3n) is 4.49. The summed E-state index contributed by atoms with van der Waals surface area (Å²) in [6, 6.07) is 12.1. The number of benzene rings is 2. The van der Waals surface area contributed by atoms with Crippen LogP contribution in [0.25, 0.3) is 0 Å². The molecule has 1 aromatic heterocycles. The van der Waals surface area contributed by atoms with E-state index < -0.39 is 11.6 Å². The second kappa shape index (κ2) is 8.70. The smallest absolute Gasteiger partial charge is 0.142 e. The van der Waals surface area contributed by atoms with E-state index in [4.69, 9.17) is 4.84 Å². The molecule has 146 valence electrons. The van der Waals surface area contributed by atoms with Crippen LogP contribution < -0.4 is 0 Å². The fourth-order valence-electron chi connectivity index (χ4n) is 2.75. The first-order chi connectivity index (χ1) is 14.2. The van der Waals surface area contributed by atoms with Gasteiger partial charge in [-0.15, -0.1) is 0 Å². The van der Waals surface area contributed by atoms with E-state index in [1.54, 1.807) is 23.3 Å². The zero-order valence-electron chi connectivity index (χ0n) is 15.7. The van der Waals surface area contributed by atoms with Gasteiger partial charge in [0.15, 0.2) is 0 Å². The Labute approximate surface area is 167 Å². The Kier molecular flexibility index (Phi) is 5.66. The lowest BCUT2D eigenvalue weighted by molar-refractivity contribution is 0.130. The van der Waals surface area contributed by atoms with Crippen molar-refractivity contribution in [1.82, 2.24) is 9.55 Å². The lowest BCUT2D eigenvalue weighted by atomic mass is 10.1. The standard InChI is InChI=1S/C23H19F2N3O/c24-21-12-19(13-22(25)20(21)9-8-17-6-7-17)23(14-28-11-10-26-16-28)27-29-15-18-4-2-1-3-5-18/h1-5,10-13,16-17H,6-7,14-15H2. The lowest BCUT2D eigenvalue weighted by Gasteiger charge is -2.10. The highest BCUT2D eigenvalue weighted by atomic mass is 19.1. The van der Waals surface area contributed by atoms with Crippen molar-refractivity contribution in [3.05, 3.63) is 89.5 Å². The van der Waals surface area contributed by atoms with Crippen molar-refractivity contribution in [3.63, 3.8) is 0 Å². The van der Waals surface area contributed by atoms with Gasteiger partial charge in [-0.05, 0) is 30.5 Å². The van der Waals surface area contributed by atoms with Crippen LogP contribution >= 0.6 is 0 Å². The average molecular weight is 391 g/mol. The Hall–Kier alpha value is -3.46. The van der Waals surface area contributed by atoms with Crippen molar-refractivity contribution >= 4 is 5.71 Å². The van der Waals surface area contributed by atoms with Crippen LogP contribution in [0.5, 0.6) is 0 Å². The Morgan fingerprint density at radius 3 is 2.59 bits per heavy atom. The molecule has 0 bridgehead atoms. The second-order valence-electron chi connectivity index (χ2n) is 6.89. The molecule has 1 aliphatic carbocycles. The maximum Gasteiger partial charge on any atom is 0.142 e. The predicted octanol–water partition coefficient (Wildman–Crippen LogP) is 4.54. The molecule has 1 saturated carbocycles. The molecule has 1 aliphatic rings. The van der Waals surface area contributed by atoms with Gasteiger partial charge in [-0.3, -0.25) is 0 Å². The van der Waals surface area contributed by atoms with Crippen LogP contribution in [-0.2, 0) is 18.0 Å². The Morgan fingerprint density at radius 2 is 1.93 bits per heavy atom. The van der Waals surface area contributed by atoms with Gasteiger partial charge in [0.2, 0.25) is 0 Å². The molecule has 4 rings (SSSR count). The van der Waals surface area contributed by atoms with Crippen molar-refractivity contribution in [2.45, 2.75) is 26.0 Å². The quantitative estimate of drug-likeness (QED) is 0.351. The summed E-state index contributed by atoms with van der Waals surface area (Å²) >= 11 is 0. The molecule has 0 unspecified atom stereocenters. The molecule has 0 radical (unpaired) electrons. The van der Waals surface area contributed by atoms with E-state index in [1.807, 2.05) is 30.3 Å². The molecule has 4 nitrogen and oxygen atoms in total. The number of halogens is 2. The van der Waals surface area contributed by atoms with Crippen LogP contribution in [0.1, 0.15) is 29.5 Å². The fraction of sp³-hybridized carbons (Fsp3) is 0.217. The van der Waals surface area contributed by atoms with Crippen molar-refractivity contribution in [2.24, 2.45) is 11.1 Å². The molecule has 1 heterocycles. The molecule has 0 N–H and O–H groups in total. The van der Waals surface area contributed by atoms with Gasteiger partial charge < -0.3 is 9.40 Å². The molecular formula is C23H19F2N3O. The van der Waals surface area contributed by atoms with Crippen LogP contribution in [0.15, 0.2) is 66.3 Å². The van der Waals surface area contributed by atoms with E-state index in [2.05, 4.69) is 22.0 Å². The van der Waals surface area contributed by atoms with Gasteiger partial charge in [0, 0.05) is 23.9 Å². The summed E-state index contributed by atoms with van der Waals surface area (Å²) in [5, 5.41) is 4.16. The molecular weight excluding hydrogens is 372 g/mol. The summed E-state index contributed by atoms with van der Waals surface area (Å²) < 4.78 is 30.9. The fourth-order valence-corrected chi connectivity index (χ4v) is 2.75. The van der Waals surface area contributed by atoms with Gasteiger partial charge in [0.05, 0.1) is 18.4 Å². The third-order valence-corrected chi connectivity index (χ3v) is 4.49. The van der Waals surface area contributed by atoms with Crippen molar-refractivity contribution in [1.29, 1.82) is 0 Å². The van der Waals surface area contributed by atoms with Crippen LogP contribution in [0.2, 0.25) is 0 Å². The minimum absolute atomic E-state index is 0.201. The number of hydrogen-bond donors (Lipinski definition) is 0. The number of rotatable bonds is 6. The van der Waals surface area contributed by atoms with Crippen molar-refractivity contribution < 1.29 is 13.6 Å². The highest BCUT2D eigenvalue weighted by molar-refractivity contribution is 6.00. The number of aromatic nitrogens is 2. The summed E-state index contributed by atoms with van der Waals surface area (Å²) in [7, 11) is 0. The van der Waals surface area contributed by atoms with Gasteiger partial charge in [-0.2, -0.15) is 0 Å². The van der Waals surface area contributed by atoms with Gasteiger partial charge in [0.1, 0.15) is 24.0 Å². The predicted molar refractivity (Wildman–Crippen MR) is 106 cm³/mol. The Balaban J connectivity index is 1.59. The highest BCUT2D eigenvalue weighted by Crippen LogP contribution is 2.28. The second-order valence-corrected chi connectivity index (χ2v) is 6.89. The average Bonchev–Trinajstić information content (AvgIpc) is 3.40. The Morgan fingerprint density at radius 1 is 1.17 bits per heavy atom. The number of oxime groups is 1. The van der Waals surface area contributed by atoms with E-state index in [1.165, 1.54) is 12.1 Å². The monoisotopic (exact) mass is 391 g/mol. The van der Waals surface area contributed by atoms with Crippen LogP contribution in [0.4, 0.5) is 8.78 Å². The van der Waals surface area contributed by atoms with Crippen molar-refractivity contribution in [3.8, 4) is 11.8 Å². The summed E-state index contributed by atoms with van der Waals surface area (Å²) in [5.41, 5.74) is 1.44. The van der Waals surface area contributed by atoms with E-state index in [0.29, 0.717) is 11.3 Å². The van der Waals surface area contributed by atoms with Crippen LogP contribution in [-0.4, -0.2) is 15.3 Å². The SMILES string of the molecule is Fc1cc(C(Cn2ccnc2)=NOCc2ccccc2)cc(F)c1C#CC1CC1. The van der Waals surface area contributed by atoms with Crippen LogP contribution in [0.3, 0.4) is 0 Å². The summed E-state index contributed by atoms with van der Waals surface area (Å²) in [5.74, 6) is 4.39. The molecule has 0 aliphatic heterocycles. The van der Waals surface area contributed by atoms with E-state index in [-0.39, 0.29) is 24.6 Å². The summed E-state index contributed by atoms with van der Waals surface area (Å²) in [6.07, 6.45) is 6.97. The molecule has 6 heteroatoms. The highest BCUT2D eigenvalue weighted by Gasteiger charge is 2.19. The van der Waals surface area contributed by atoms with E-state index >= 15 is 0 Å². The largest absolute Gasteiger partial charge is 0.391 e. The molecule has 1 fully saturated rings. The number of nitrogens with zero attached hydrogens (tertiary/aromatic N) is 3. The third kappa shape index (κ3) is 5.08. The minimum Gasteiger partial charge on any atom is -0.391 e. The molecule has 29 heavy (non-hydrogen) atoms. The molecule has 0 saturated heterocycles. The van der Waals surface area contributed by atoms with Gasteiger partial charge in [-0.1, -0.05) is 47.3 Å². The molecule has 0 amide bonds. The zero-order valence-corrected chi connectivity index (χ0v) is 15.7. The molecule has 0 atom stereocenters.